The highest BCUT2D eigenvalue weighted by Crippen LogP contribution is 2.14. The van der Waals surface area contributed by atoms with Gasteiger partial charge in [0, 0.05) is 19.3 Å². The average Bonchev–Trinajstić information content (AvgIpc) is 3.40. The molecule has 6 nitrogen and oxygen atoms in total. The van der Waals surface area contributed by atoms with Crippen molar-refractivity contribution in [2.45, 2.75) is 252 Å². The summed E-state index contributed by atoms with van der Waals surface area (Å²) in [5, 5.41) is 0. The number of ether oxygens (including phenoxy) is 3. The summed E-state index contributed by atoms with van der Waals surface area (Å²) in [5.74, 6) is -0.970. The van der Waals surface area contributed by atoms with Crippen LogP contribution in [0.4, 0.5) is 0 Å². The highest BCUT2D eigenvalue weighted by molar-refractivity contribution is 5.71. The van der Waals surface area contributed by atoms with E-state index in [4.69, 9.17) is 14.2 Å². The van der Waals surface area contributed by atoms with E-state index in [1.165, 1.54) is 57.8 Å². The molecule has 0 saturated heterocycles. The van der Waals surface area contributed by atoms with Crippen molar-refractivity contribution < 1.29 is 28.6 Å². The predicted molar refractivity (Wildman–Crippen MR) is 320 cm³/mol. The van der Waals surface area contributed by atoms with Gasteiger partial charge in [0.1, 0.15) is 13.2 Å². The van der Waals surface area contributed by atoms with Crippen molar-refractivity contribution in [1.82, 2.24) is 0 Å². The summed E-state index contributed by atoms with van der Waals surface area (Å²) in [6, 6.07) is 0. The Morgan fingerprint density at radius 1 is 0.284 bits per heavy atom. The highest BCUT2D eigenvalue weighted by Gasteiger charge is 2.19. The predicted octanol–water partition coefficient (Wildman–Crippen LogP) is 20.4. The van der Waals surface area contributed by atoms with Crippen molar-refractivity contribution in [1.29, 1.82) is 0 Å². The maximum absolute atomic E-state index is 12.9. The molecular weight excluding hydrogens is 913 g/mol. The zero-order valence-electron chi connectivity index (χ0n) is 47.5. The second-order valence-electron chi connectivity index (χ2n) is 19.1. The summed E-state index contributed by atoms with van der Waals surface area (Å²) in [4.78, 5) is 38.1. The summed E-state index contributed by atoms with van der Waals surface area (Å²) in [5.41, 5.74) is 0. The summed E-state index contributed by atoms with van der Waals surface area (Å²) in [7, 11) is 0. The standard InChI is InChI=1S/C68H108O6/c1-4-7-10-13-16-19-22-24-26-28-30-32-33-34-35-37-38-40-42-44-46-49-52-55-58-61-67(70)73-64-65(63-72-66(69)60-57-54-51-48-21-18-15-12-9-6-3)74-68(71)62-59-56-53-50-47-45-43-41-39-36-31-29-27-25-23-20-17-14-11-8-5-2/h7-8,10-11,16-17,19-20,24-27,30-32,34-36,38,40-41,43,47,50,65H,4-6,9,12-15,18,21-23,28-29,33,37,39,42,44-46,48-49,51-64H2,1-3H3/b10-7-,11-8-,19-16-,20-17-,26-24-,27-25-,32-30-,35-34-,36-31-,40-38-,43-41-,50-47-. The number of allylic oxidation sites excluding steroid dienone is 24. The SMILES string of the molecule is CC/C=C\C/C=C\C/C=C\C/C=C\C/C=C\C/C=C\CCCCCCCCC(=O)OCC(COC(=O)CCCCCCCCCCCC)OC(=O)CCCC/C=C\C/C=C\C/C=C\C/C=C\C/C=C\C/C=C\CC. The Bertz CT molecular complexity index is 1640. The number of carbonyl (C=O) groups excluding carboxylic acids is 3. The minimum atomic E-state index is -0.812. The van der Waals surface area contributed by atoms with E-state index < -0.39 is 6.10 Å². The normalized spacial score (nSPS) is 13.2. The van der Waals surface area contributed by atoms with Gasteiger partial charge in [-0.05, 0) is 122 Å². The van der Waals surface area contributed by atoms with Crippen LogP contribution in [-0.2, 0) is 28.6 Å². The molecule has 0 heterocycles. The van der Waals surface area contributed by atoms with Gasteiger partial charge in [0.15, 0.2) is 6.10 Å². The average molecular weight is 1020 g/mol. The largest absolute Gasteiger partial charge is 0.462 e. The molecule has 0 aliphatic carbocycles. The maximum Gasteiger partial charge on any atom is 0.306 e. The molecule has 0 saturated carbocycles. The number of rotatable bonds is 52. The van der Waals surface area contributed by atoms with Crippen LogP contribution >= 0.6 is 0 Å². The Morgan fingerprint density at radius 3 is 0.851 bits per heavy atom. The van der Waals surface area contributed by atoms with E-state index in [1.807, 2.05) is 0 Å². The third-order valence-electron chi connectivity index (χ3n) is 12.1. The van der Waals surface area contributed by atoms with Gasteiger partial charge in [-0.15, -0.1) is 0 Å². The van der Waals surface area contributed by atoms with Crippen molar-refractivity contribution in [3.05, 3.63) is 146 Å². The minimum absolute atomic E-state index is 0.104. The quantitative estimate of drug-likeness (QED) is 0.0261. The van der Waals surface area contributed by atoms with Gasteiger partial charge in [0.25, 0.3) is 0 Å². The number of esters is 3. The van der Waals surface area contributed by atoms with Crippen molar-refractivity contribution in [3.8, 4) is 0 Å². The van der Waals surface area contributed by atoms with Crippen molar-refractivity contribution in [2.24, 2.45) is 0 Å². The minimum Gasteiger partial charge on any atom is -0.462 e. The molecule has 1 atom stereocenters. The number of hydrogen-bond donors (Lipinski definition) is 0. The van der Waals surface area contributed by atoms with Crippen LogP contribution in [-0.4, -0.2) is 37.2 Å². The first-order valence-corrected chi connectivity index (χ1v) is 29.8. The van der Waals surface area contributed by atoms with Gasteiger partial charge in [-0.25, -0.2) is 0 Å². The zero-order chi connectivity index (χ0) is 53.6. The summed E-state index contributed by atoms with van der Waals surface area (Å²) in [6.07, 6.45) is 87.0. The smallest absolute Gasteiger partial charge is 0.306 e. The Balaban J connectivity index is 4.43. The molecule has 416 valence electrons. The molecule has 0 aromatic heterocycles. The Kier molecular flexibility index (Phi) is 57.0. The lowest BCUT2D eigenvalue weighted by atomic mass is 10.1. The van der Waals surface area contributed by atoms with E-state index in [9.17, 15) is 14.4 Å². The maximum atomic E-state index is 12.9. The van der Waals surface area contributed by atoms with Crippen molar-refractivity contribution in [3.63, 3.8) is 0 Å². The van der Waals surface area contributed by atoms with Crippen molar-refractivity contribution >= 4 is 17.9 Å². The van der Waals surface area contributed by atoms with Crippen LogP contribution in [0.3, 0.4) is 0 Å². The number of unbranched alkanes of at least 4 members (excludes halogenated alkanes) is 17. The van der Waals surface area contributed by atoms with Gasteiger partial charge in [0.05, 0.1) is 0 Å². The molecule has 6 heteroatoms. The van der Waals surface area contributed by atoms with E-state index in [0.29, 0.717) is 19.3 Å². The molecular formula is C68H108O6. The molecule has 1 unspecified atom stereocenters. The van der Waals surface area contributed by atoms with Crippen LogP contribution < -0.4 is 0 Å². The lowest BCUT2D eigenvalue weighted by molar-refractivity contribution is -0.167. The first-order chi connectivity index (χ1) is 36.5. The molecule has 0 amide bonds. The summed E-state index contributed by atoms with van der Waals surface area (Å²) < 4.78 is 16.8. The van der Waals surface area contributed by atoms with Crippen LogP contribution in [0.5, 0.6) is 0 Å². The van der Waals surface area contributed by atoms with E-state index >= 15 is 0 Å². The Morgan fingerprint density at radius 2 is 0.527 bits per heavy atom. The van der Waals surface area contributed by atoms with E-state index in [-0.39, 0.29) is 37.5 Å². The molecule has 0 aromatic carbocycles. The van der Waals surface area contributed by atoms with Crippen LogP contribution in [0.15, 0.2) is 146 Å². The van der Waals surface area contributed by atoms with Gasteiger partial charge in [-0.1, -0.05) is 250 Å². The van der Waals surface area contributed by atoms with Gasteiger partial charge in [-0.2, -0.15) is 0 Å². The van der Waals surface area contributed by atoms with Gasteiger partial charge < -0.3 is 14.2 Å². The molecule has 0 rings (SSSR count). The fraction of sp³-hybridized carbons (Fsp3) is 0.603. The monoisotopic (exact) mass is 1020 g/mol. The molecule has 0 fully saturated rings. The van der Waals surface area contributed by atoms with E-state index in [2.05, 4.69) is 167 Å². The van der Waals surface area contributed by atoms with E-state index in [1.54, 1.807) is 0 Å². The molecule has 0 aliphatic rings. The van der Waals surface area contributed by atoms with E-state index in [0.717, 1.165) is 141 Å². The van der Waals surface area contributed by atoms with Crippen LogP contribution in [0.25, 0.3) is 0 Å². The first kappa shape index (κ1) is 69.3. The molecule has 74 heavy (non-hydrogen) atoms. The third kappa shape index (κ3) is 58.2. The first-order valence-electron chi connectivity index (χ1n) is 29.8. The van der Waals surface area contributed by atoms with Gasteiger partial charge in [0.2, 0.25) is 0 Å². The second kappa shape index (κ2) is 60.8. The molecule has 0 bridgehead atoms. The van der Waals surface area contributed by atoms with Crippen molar-refractivity contribution in [2.75, 3.05) is 13.2 Å². The number of hydrogen-bond acceptors (Lipinski definition) is 6. The Hall–Kier alpha value is -4.71. The molecule has 0 spiro atoms. The lowest BCUT2D eigenvalue weighted by Crippen LogP contribution is -2.30. The zero-order valence-corrected chi connectivity index (χ0v) is 47.5. The third-order valence-corrected chi connectivity index (χ3v) is 12.1. The lowest BCUT2D eigenvalue weighted by Gasteiger charge is -2.18. The number of carbonyl (C=O) groups is 3. The van der Waals surface area contributed by atoms with Crippen LogP contribution in [0.2, 0.25) is 0 Å². The molecule has 0 aromatic rings. The topological polar surface area (TPSA) is 78.9 Å². The van der Waals surface area contributed by atoms with Crippen LogP contribution in [0, 0.1) is 0 Å². The molecule has 0 aliphatic heterocycles. The fourth-order valence-corrected chi connectivity index (χ4v) is 7.68. The molecule has 0 N–H and O–H groups in total. The van der Waals surface area contributed by atoms with Crippen LogP contribution in [0.1, 0.15) is 245 Å². The Labute approximate surface area is 455 Å². The summed E-state index contributed by atoms with van der Waals surface area (Å²) in [6.45, 7) is 6.34. The second-order valence-corrected chi connectivity index (χ2v) is 19.1. The molecule has 0 radical (unpaired) electrons. The highest BCUT2D eigenvalue weighted by atomic mass is 16.6. The fourth-order valence-electron chi connectivity index (χ4n) is 7.68. The summed E-state index contributed by atoms with van der Waals surface area (Å²) >= 11 is 0. The van der Waals surface area contributed by atoms with Gasteiger partial charge >= 0.3 is 17.9 Å². The van der Waals surface area contributed by atoms with Gasteiger partial charge in [-0.3, -0.25) is 14.4 Å².